The van der Waals surface area contributed by atoms with Crippen LogP contribution in [0.1, 0.15) is 20.3 Å². The van der Waals surface area contributed by atoms with Gasteiger partial charge in [-0.05, 0) is 49.7 Å². The number of rotatable bonds is 6. The highest BCUT2D eigenvalue weighted by Crippen LogP contribution is 2.26. The molecule has 0 aliphatic rings. The Morgan fingerprint density at radius 1 is 0.897 bits per heavy atom. The molecule has 0 bridgehead atoms. The molecule has 152 valence electrons. The van der Waals surface area contributed by atoms with Crippen LogP contribution in [0.25, 0.3) is 20.4 Å². The summed E-state index contributed by atoms with van der Waals surface area (Å²) in [7, 11) is -3.83. The third-order valence-corrected chi connectivity index (χ3v) is 7.90. The van der Waals surface area contributed by atoms with E-state index in [1.165, 1.54) is 12.1 Å². The minimum atomic E-state index is -3.83. The summed E-state index contributed by atoms with van der Waals surface area (Å²) in [6.45, 7) is 5.04. The number of aromatic nitrogens is 2. The van der Waals surface area contributed by atoms with Gasteiger partial charge in [0.2, 0.25) is 0 Å². The zero-order chi connectivity index (χ0) is 20.8. The van der Waals surface area contributed by atoms with Gasteiger partial charge in [0.1, 0.15) is 0 Å². The molecule has 2 heterocycles. The number of nitrogens with zero attached hydrogens (tertiary/aromatic N) is 2. The Hall–Kier alpha value is -2.43. The van der Waals surface area contributed by atoms with Crippen LogP contribution in [-0.4, -0.2) is 17.6 Å². The maximum atomic E-state index is 12.9. The summed E-state index contributed by atoms with van der Waals surface area (Å²) < 4.78 is 33.0. The first-order valence-corrected chi connectivity index (χ1v) is 12.2. The van der Waals surface area contributed by atoms with Crippen molar-refractivity contribution in [3.05, 3.63) is 55.7 Å². The summed E-state index contributed by atoms with van der Waals surface area (Å²) in [6, 6.07) is 9.77. The fourth-order valence-electron chi connectivity index (χ4n) is 3.29. The second kappa shape index (κ2) is 7.43. The molecule has 0 spiro atoms. The second-order valence-electron chi connectivity index (χ2n) is 6.55. The average molecular weight is 450 g/mol. The maximum absolute atomic E-state index is 12.9. The van der Waals surface area contributed by atoms with Crippen LogP contribution in [0.15, 0.2) is 50.9 Å². The lowest BCUT2D eigenvalue weighted by Gasteiger charge is -2.09. The molecular formula is C19H19N3O4S3. The predicted molar refractivity (Wildman–Crippen MR) is 119 cm³/mol. The second-order valence-corrected chi connectivity index (χ2v) is 10.2. The number of sulfonamides is 1. The molecule has 1 N–H and O–H groups in total. The van der Waals surface area contributed by atoms with Gasteiger partial charge in [0.05, 0.1) is 31.0 Å². The minimum Gasteiger partial charge on any atom is -0.299 e. The van der Waals surface area contributed by atoms with Crippen molar-refractivity contribution in [3.8, 4) is 0 Å². The Bertz CT molecular complexity index is 1440. The van der Waals surface area contributed by atoms with Crippen molar-refractivity contribution in [2.45, 2.75) is 38.3 Å². The van der Waals surface area contributed by atoms with E-state index in [4.69, 9.17) is 0 Å². The first-order valence-electron chi connectivity index (χ1n) is 9.13. The molecular weight excluding hydrogens is 430 g/mol. The summed E-state index contributed by atoms with van der Waals surface area (Å²) >= 11 is 2.13. The Labute approximate surface area is 174 Å². The molecule has 0 fully saturated rings. The van der Waals surface area contributed by atoms with Gasteiger partial charge < -0.3 is 0 Å². The van der Waals surface area contributed by atoms with E-state index >= 15 is 0 Å². The van der Waals surface area contributed by atoms with Gasteiger partial charge in [-0.25, -0.2) is 8.42 Å². The van der Waals surface area contributed by atoms with Gasteiger partial charge in [-0.3, -0.25) is 23.4 Å². The minimum absolute atomic E-state index is 0.0699. The van der Waals surface area contributed by atoms with E-state index in [-0.39, 0.29) is 14.6 Å². The monoisotopic (exact) mass is 449 g/mol. The SMILES string of the molecule is CCCn1c(=O)sc2cc(S(=O)(=O)Nc3ccc4c(c3)sc(=O)n4CC)ccc21. The van der Waals surface area contributed by atoms with E-state index in [2.05, 4.69) is 4.72 Å². The van der Waals surface area contributed by atoms with Crippen LogP contribution >= 0.6 is 22.7 Å². The van der Waals surface area contributed by atoms with Crippen molar-refractivity contribution in [1.29, 1.82) is 0 Å². The van der Waals surface area contributed by atoms with Crippen LogP contribution in [0.4, 0.5) is 5.69 Å². The molecule has 7 nitrogen and oxygen atoms in total. The molecule has 2 aromatic heterocycles. The van der Waals surface area contributed by atoms with Gasteiger partial charge in [0.25, 0.3) is 10.0 Å². The third kappa shape index (κ3) is 3.52. The Morgan fingerprint density at radius 2 is 1.52 bits per heavy atom. The highest BCUT2D eigenvalue weighted by Gasteiger charge is 2.18. The Morgan fingerprint density at radius 3 is 2.21 bits per heavy atom. The fourth-order valence-corrected chi connectivity index (χ4v) is 6.39. The van der Waals surface area contributed by atoms with Gasteiger partial charge in [-0.1, -0.05) is 29.6 Å². The predicted octanol–water partition coefficient (Wildman–Crippen LogP) is 3.67. The summed E-state index contributed by atoms with van der Waals surface area (Å²) in [6.07, 6.45) is 0.821. The summed E-state index contributed by atoms with van der Waals surface area (Å²) in [4.78, 5) is 24.1. The number of hydrogen-bond acceptors (Lipinski definition) is 6. The number of aryl methyl sites for hydroxylation is 2. The summed E-state index contributed by atoms with van der Waals surface area (Å²) in [5, 5.41) is 0. The largest absolute Gasteiger partial charge is 0.308 e. The highest BCUT2D eigenvalue weighted by atomic mass is 32.2. The van der Waals surface area contributed by atoms with Crippen molar-refractivity contribution in [2.24, 2.45) is 0 Å². The Kier molecular flexibility index (Phi) is 5.09. The molecule has 0 aliphatic carbocycles. The topological polar surface area (TPSA) is 90.2 Å². The summed E-state index contributed by atoms with van der Waals surface area (Å²) in [5.74, 6) is 0. The average Bonchev–Trinajstić information content (AvgIpc) is 3.16. The van der Waals surface area contributed by atoms with Crippen LogP contribution in [0, 0.1) is 0 Å². The first kappa shape index (κ1) is 19.9. The number of nitrogens with one attached hydrogen (secondary N) is 1. The highest BCUT2D eigenvalue weighted by molar-refractivity contribution is 7.92. The number of benzene rings is 2. The molecule has 0 unspecified atom stereocenters. The number of anilines is 1. The molecule has 0 saturated carbocycles. The quantitative estimate of drug-likeness (QED) is 0.486. The van der Waals surface area contributed by atoms with Crippen molar-refractivity contribution in [2.75, 3.05) is 4.72 Å². The molecule has 0 aliphatic heterocycles. The normalized spacial score (nSPS) is 12.1. The van der Waals surface area contributed by atoms with Crippen LogP contribution in [0.3, 0.4) is 0 Å². The van der Waals surface area contributed by atoms with E-state index in [1.54, 1.807) is 33.4 Å². The van der Waals surface area contributed by atoms with Gasteiger partial charge in [-0.15, -0.1) is 0 Å². The molecule has 4 rings (SSSR count). The molecule has 0 radical (unpaired) electrons. The zero-order valence-corrected chi connectivity index (χ0v) is 18.3. The van der Waals surface area contributed by atoms with Gasteiger partial charge in [-0.2, -0.15) is 0 Å². The Balaban J connectivity index is 1.71. The van der Waals surface area contributed by atoms with E-state index in [0.29, 0.717) is 23.5 Å². The van der Waals surface area contributed by atoms with Crippen LogP contribution < -0.4 is 14.5 Å². The first-order chi connectivity index (χ1) is 13.8. The molecule has 10 heteroatoms. The zero-order valence-electron chi connectivity index (χ0n) is 15.8. The lowest BCUT2D eigenvalue weighted by molar-refractivity contribution is 0.601. The van der Waals surface area contributed by atoms with Crippen LogP contribution in [0.5, 0.6) is 0 Å². The standard InChI is InChI=1S/C19H19N3O4S3/c1-3-9-22-15-8-6-13(11-17(15)28-19(22)24)29(25,26)20-12-5-7-14-16(10-12)27-18(23)21(14)4-2/h5-8,10-11,20H,3-4,9H2,1-2H3. The van der Waals surface area contributed by atoms with Crippen LogP contribution in [-0.2, 0) is 23.1 Å². The van der Waals surface area contributed by atoms with Crippen molar-refractivity contribution >= 4 is 58.8 Å². The molecule has 29 heavy (non-hydrogen) atoms. The number of hydrogen-bond donors (Lipinski definition) is 1. The van der Waals surface area contributed by atoms with E-state index in [0.717, 1.165) is 44.8 Å². The molecule has 0 amide bonds. The smallest absolute Gasteiger partial charge is 0.299 e. The van der Waals surface area contributed by atoms with E-state index in [1.807, 2.05) is 13.8 Å². The lowest BCUT2D eigenvalue weighted by Crippen LogP contribution is -2.13. The van der Waals surface area contributed by atoms with Gasteiger partial charge >= 0.3 is 9.75 Å². The van der Waals surface area contributed by atoms with Crippen molar-refractivity contribution < 1.29 is 8.42 Å². The maximum Gasteiger partial charge on any atom is 0.308 e. The van der Waals surface area contributed by atoms with Crippen molar-refractivity contribution in [3.63, 3.8) is 0 Å². The van der Waals surface area contributed by atoms with Crippen molar-refractivity contribution in [1.82, 2.24) is 9.13 Å². The number of fused-ring (bicyclic) bond motifs is 2. The van der Waals surface area contributed by atoms with Gasteiger partial charge in [0, 0.05) is 13.1 Å². The molecule has 4 aromatic rings. The van der Waals surface area contributed by atoms with Gasteiger partial charge in [0.15, 0.2) is 0 Å². The third-order valence-electron chi connectivity index (χ3n) is 4.63. The van der Waals surface area contributed by atoms with E-state index in [9.17, 15) is 18.0 Å². The van der Waals surface area contributed by atoms with E-state index < -0.39 is 10.0 Å². The molecule has 2 aromatic carbocycles. The molecule has 0 atom stereocenters. The lowest BCUT2D eigenvalue weighted by atomic mass is 10.3. The van der Waals surface area contributed by atoms with Crippen LogP contribution in [0.2, 0.25) is 0 Å². The molecule has 0 saturated heterocycles. The number of thiazole rings is 2. The fraction of sp³-hybridized carbons (Fsp3) is 0.263. The summed E-state index contributed by atoms with van der Waals surface area (Å²) in [5.41, 5.74) is 1.92.